The second-order valence-corrected chi connectivity index (χ2v) is 20.3. The van der Waals surface area contributed by atoms with Crippen LogP contribution in [-0.4, -0.2) is 120 Å². The number of ether oxygens (including phenoxy) is 5. The Bertz CT molecular complexity index is 1810. The Hall–Kier alpha value is -3.08. The molecule has 1 aromatic carbocycles. The molecule has 0 unspecified atom stereocenters. The van der Waals surface area contributed by atoms with E-state index in [4.69, 9.17) is 35.3 Å². The Morgan fingerprint density at radius 3 is 2.53 bits per heavy atom. The molecule has 8 atom stereocenters. The summed E-state index contributed by atoms with van der Waals surface area (Å²) in [7, 11) is 9.24. The molecule has 1 N–H and O–H groups in total. The Labute approximate surface area is 361 Å². The normalized spacial score (nSPS) is 29.6. The van der Waals surface area contributed by atoms with E-state index in [0.717, 1.165) is 17.6 Å². The van der Waals surface area contributed by atoms with Crippen LogP contribution in [0, 0.1) is 5.92 Å². The summed E-state index contributed by atoms with van der Waals surface area (Å²) in [5, 5.41) is 12.1. The largest absolute Gasteiger partial charge is 0.495 e. The number of nitrogens with zero attached hydrogens (tertiary/aromatic N) is 2. The lowest BCUT2D eigenvalue weighted by Gasteiger charge is -2.41. The van der Waals surface area contributed by atoms with Gasteiger partial charge in [-0.15, -0.1) is 0 Å². The monoisotopic (exact) mass is 880 g/mol. The van der Waals surface area contributed by atoms with Crippen molar-refractivity contribution in [1.29, 1.82) is 0 Å². The van der Waals surface area contributed by atoms with E-state index in [1.165, 1.54) is 31.1 Å². The smallest absolute Gasteiger partial charge is 0.328 e. The second-order valence-electron chi connectivity index (χ2n) is 16.8. The van der Waals surface area contributed by atoms with Crippen LogP contribution in [0.5, 0.6) is 5.75 Å². The number of ketones is 1. The fraction of sp³-hybridized carbons (Fsp3) is 0.651. The first-order valence-electron chi connectivity index (χ1n) is 19.9. The Balaban J connectivity index is 1.62. The maximum Gasteiger partial charge on any atom is 0.328 e. The van der Waals surface area contributed by atoms with Gasteiger partial charge < -0.3 is 43.4 Å². The first-order chi connectivity index (χ1) is 27.5. The quantitative estimate of drug-likeness (QED) is 0.0968. The molecule has 2 fully saturated rings. The molecular weight excluding hydrogens is 820 g/mol. The van der Waals surface area contributed by atoms with Crippen LogP contribution in [0.4, 0.5) is 5.69 Å². The summed E-state index contributed by atoms with van der Waals surface area (Å²) in [5.41, 5.74) is -0.660. The third-order valence-electron chi connectivity index (χ3n) is 11.5. The number of carbonyl (C=O) groups is 5. The maximum atomic E-state index is 14.2. The summed E-state index contributed by atoms with van der Waals surface area (Å²) >= 11 is 6.79. The predicted octanol–water partition coefficient (Wildman–Crippen LogP) is 6.68. The van der Waals surface area contributed by atoms with Crippen LogP contribution >= 0.6 is 33.2 Å². The molecule has 328 valence electrons. The number of epoxide rings is 1. The zero-order valence-electron chi connectivity index (χ0n) is 36.1. The average molecular weight is 882 g/mol. The molecule has 0 aromatic heterocycles. The van der Waals surface area contributed by atoms with Gasteiger partial charge in [-0.05, 0) is 72.1 Å². The molecule has 4 bridgehead atoms. The zero-order chi connectivity index (χ0) is 44.0. The van der Waals surface area contributed by atoms with Crippen LogP contribution in [0.1, 0.15) is 92.6 Å². The molecule has 3 heterocycles. The van der Waals surface area contributed by atoms with Gasteiger partial charge in [0.1, 0.15) is 52.1 Å². The number of amides is 2. The van der Waals surface area contributed by atoms with E-state index in [9.17, 15) is 29.1 Å². The lowest BCUT2D eigenvalue weighted by atomic mass is 9.78. The number of fused-ring (bicyclic) bond motifs is 5. The number of allylic oxidation sites excluding steroid dienone is 3. The van der Waals surface area contributed by atoms with Gasteiger partial charge in [0.25, 0.3) is 0 Å². The van der Waals surface area contributed by atoms with Gasteiger partial charge in [0, 0.05) is 56.9 Å². The molecule has 0 aliphatic carbocycles. The first kappa shape index (κ1) is 48.6. The lowest BCUT2D eigenvalue weighted by molar-refractivity contribution is -0.187. The van der Waals surface area contributed by atoms with E-state index in [1.54, 1.807) is 73.7 Å². The molecule has 2 saturated heterocycles. The van der Waals surface area contributed by atoms with E-state index in [0.29, 0.717) is 30.0 Å². The summed E-state index contributed by atoms with van der Waals surface area (Å²) in [6.45, 7) is 12.8. The minimum absolute atomic E-state index is 0.0499. The third kappa shape index (κ3) is 12.3. The lowest BCUT2D eigenvalue weighted by Crippen LogP contribution is -2.53. The van der Waals surface area contributed by atoms with Gasteiger partial charge in [-0.2, -0.15) is 0 Å². The number of esters is 2. The van der Waals surface area contributed by atoms with E-state index < -0.39 is 65.4 Å². The van der Waals surface area contributed by atoms with Crippen molar-refractivity contribution in [2.75, 3.05) is 39.0 Å². The summed E-state index contributed by atoms with van der Waals surface area (Å²) in [6, 6.07) is 2.60. The molecule has 1 aromatic rings. The molecule has 59 heavy (non-hydrogen) atoms. The van der Waals surface area contributed by atoms with E-state index in [1.807, 2.05) is 19.9 Å². The minimum Gasteiger partial charge on any atom is -0.495 e. The van der Waals surface area contributed by atoms with Crippen LogP contribution in [0.25, 0.3) is 0 Å². The van der Waals surface area contributed by atoms with Gasteiger partial charge >= 0.3 is 11.9 Å². The molecule has 0 radical (unpaired) electrons. The van der Waals surface area contributed by atoms with E-state index in [-0.39, 0.29) is 47.1 Å². The van der Waals surface area contributed by atoms with Crippen molar-refractivity contribution >= 4 is 68.4 Å². The van der Waals surface area contributed by atoms with Crippen LogP contribution in [0.2, 0.25) is 5.02 Å². The Morgan fingerprint density at radius 2 is 1.88 bits per heavy atom. The molecule has 0 spiro atoms. The number of carbonyl (C=O) groups excluding carboxylic acids is 5. The Kier molecular flexibility index (Phi) is 16.6. The van der Waals surface area contributed by atoms with Crippen LogP contribution in [-0.2, 0) is 49.3 Å². The van der Waals surface area contributed by atoms with E-state index >= 15 is 0 Å². The fourth-order valence-electron chi connectivity index (χ4n) is 7.50. The van der Waals surface area contributed by atoms with Crippen LogP contribution in [0.3, 0.4) is 0 Å². The van der Waals surface area contributed by atoms with Crippen LogP contribution < -0.4 is 9.64 Å². The number of likely N-dealkylation sites (N-methyl/N-ethyl adjacent to an activating group) is 1. The molecular formula is C43H61ClN2O11S2. The second kappa shape index (κ2) is 20.2. The highest BCUT2D eigenvalue weighted by Gasteiger charge is 2.64. The molecule has 3 aliphatic rings. The molecule has 13 nitrogen and oxygen atoms in total. The van der Waals surface area contributed by atoms with Crippen molar-refractivity contribution in [3.05, 3.63) is 46.5 Å². The number of aliphatic hydroxyl groups is 1. The molecule has 2 amide bonds. The average Bonchev–Trinajstić information content (AvgIpc) is 3.87. The number of methoxy groups -OCH3 is 2. The van der Waals surface area contributed by atoms with Gasteiger partial charge in [0.2, 0.25) is 11.8 Å². The molecule has 16 heteroatoms. The zero-order valence-corrected chi connectivity index (χ0v) is 38.5. The van der Waals surface area contributed by atoms with Crippen molar-refractivity contribution in [2.24, 2.45) is 5.92 Å². The molecule has 3 aliphatic heterocycles. The maximum absolute atomic E-state index is 14.2. The number of rotatable bonds is 13. The number of halogens is 1. The third-order valence-corrected chi connectivity index (χ3v) is 15.3. The topological polar surface area (TPSA) is 162 Å². The number of hydrogen-bond acceptors (Lipinski definition) is 13. The SMILES string of the molecule is COc1cc2cc(c1Cl)N(C)C(=O)C[C@@H](OC(=O)[C@@H](C)N(C)C(=O)CCSSC(C)(C)CCC(C)=O)[C@@]1(C)O[C@@H]1[C@@H](C)[C@H]1C[C@](O)(CC(=O)O1)[C@@H](OC)/C=C/C=C(\C)C2. The highest BCUT2D eigenvalue weighted by molar-refractivity contribution is 8.77. The molecule has 0 saturated carbocycles. The van der Waals surface area contributed by atoms with Gasteiger partial charge in [0.15, 0.2) is 0 Å². The van der Waals surface area contributed by atoms with Gasteiger partial charge in [-0.25, -0.2) is 4.79 Å². The van der Waals surface area contributed by atoms with Crippen molar-refractivity contribution in [2.45, 2.75) is 140 Å². The first-order valence-corrected chi connectivity index (χ1v) is 22.6. The minimum atomic E-state index is -1.59. The van der Waals surface area contributed by atoms with Crippen LogP contribution in [0.15, 0.2) is 35.9 Å². The summed E-state index contributed by atoms with van der Waals surface area (Å²) in [5.74, 6) is -1.51. The highest BCUT2D eigenvalue weighted by Crippen LogP contribution is 2.50. The molecule has 4 rings (SSSR count). The van der Waals surface area contributed by atoms with E-state index in [2.05, 4.69) is 13.8 Å². The van der Waals surface area contributed by atoms with Crippen molar-refractivity contribution < 1.29 is 52.8 Å². The summed E-state index contributed by atoms with van der Waals surface area (Å²) in [4.78, 5) is 68.7. The number of benzene rings is 1. The van der Waals surface area contributed by atoms with Crippen molar-refractivity contribution in [3.63, 3.8) is 0 Å². The number of Topliss-reactive ketones (excluding diaryl/α,β-unsaturated/α-hetero) is 1. The summed E-state index contributed by atoms with van der Waals surface area (Å²) in [6.07, 6.45) is 3.27. The van der Waals surface area contributed by atoms with Crippen molar-refractivity contribution in [1.82, 2.24) is 4.90 Å². The summed E-state index contributed by atoms with van der Waals surface area (Å²) < 4.78 is 29.4. The number of anilines is 1. The van der Waals surface area contributed by atoms with Gasteiger partial charge in [0.05, 0.1) is 31.7 Å². The fourth-order valence-corrected chi connectivity index (χ4v) is 10.4. The predicted molar refractivity (Wildman–Crippen MR) is 231 cm³/mol. The highest BCUT2D eigenvalue weighted by atomic mass is 35.5. The van der Waals surface area contributed by atoms with Gasteiger partial charge in [-0.1, -0.05) is 63.9 Å². The number of hydrogen-bond donors (Lipinski definition) is 1. The van der Waals surface area contributed by atoms with Crippen molar-refractivity contribution in [3.8, 4) is 5.75 Å². The van der Waals surface area contributed by atoms with Gasteiger partial charge in [-0.3, -0.25) is 14.4 Å². The standard InChI is InChI=1S/C43H61ClN2O11S2/c1-25-13-12-14-33(54-11)43(52)23-32(55-37(50)24-43)27(3)39-42(7,57-39)34(22-36(49)46(9)30-20-29(19-25)21-31(53-10)38(30)44)56-40(51)28(4)45(8)35(48)16-18-58-59-41(5,6)17-15-26(2)47/h12-14,20-21,27-28,32-34,39,52H,15-19,22-24H2,1-11H3/b14-12+,25-13+/t27-,28+,32+,33-,34+,39+,42+,43-/m0/s1. The Morgan fingerprint density at radius 1 is 1.19 bits per heavy atom.